The number of anilines is 1. The summed E-state index contributed by atoms with van der Waals surface area (Å²) in [6, 6.07) is 7.69. The second-order valence-electron chi connectivity index (χ2n) is 8.52. The van der Waals surface area contributed by atoms with Crippen molar-refractivity contribution in [3.63, 3.8) is 0 Å². The summed E-state index contributed by atoms with van der Waals surface area (Å²) in [6.07, 6.45) is 6.74. The number of piperidine rings is 1. The Morgan fingerprint density at radius 3 is 2.68 bits per heavy atom. The molecule has 1 saturated carbocycles. The summed E-state index contributed by atoms with van der Waals surface area (Å²) in [4.78, 5) is 15.7. The van der Waals surface area contributed by atoms with Crippen molar-refractivity contribution in [2.75, 3.05) is 26.0 Å². The van der Waals surface area contributed by atoms with Gasteiger partial charge in [-0.15, -0.1) is 0 Å². The van der Waals surface area contributed by atoms with Crippen LogP contribution in [0.3, 0.4) is 0 Å². The summed E-state index contributed by atoms with van der Waals surface area (Å²) in [5.41, 5.74) is 1.63. The van der Waals surface area contributed by atoms with E-state index in [0.717, 1.165) is 32.1 Å². The minimum atomic E-state index is -3.37. The van der Waals surface area contributed by atoms with E-state index >= 15 is 0 Å². The molecule has 10 heteroatoms. The standard InChI is InChI=1S/C21H28N4O5S/c1-24(2)31(27,28)25-10-7-17(12-21(25)8-9-21)11-16-3-5-18(6-4-16)23-20(26)29-14-19-13-22-15-30-19/h3-6,13,15,17H,7-12,14H2,1-2H3,(H,23,26). The van der Waals surface area contributed by atoms with E-state index in [2.05, 4.69) is 10.3 Å². The monoisotopic (exact) mass is 448 g/mol. The largest absolute Gasteiger partial charge is 0.445 e. The summed E-state index contributed by atoms with van der Waals surface area (Å²) in [6.45, 7) is 0.593. The molecule has 1 aliphatic carbocycles. The van der Waals surface area contributed by atoms with Gasteiger partial charge in [0, 0.05) is 31.9 Å². The molecular weight excluding hydrogens is 420 g/mol. The van der Waals surface area contributed by atoms with Gasteiger partial charge in [-0.25, -0.2) is 9.78 Å². The molecule has 2 aliphatic rings. The molecule has 1 aromatic heterocycles. The lowest BCUT2D eigenvalue weighted by molar-refractivity contribution is 0.146. The average Bonchev–Trinajstić information content (AvgIpc) is 3.26. The van der Waals surface area contributed by atoms with Gasteiger partial charge in [0.15, 0.2) is 18.8 Å². The minimum Gasteiger partial charge on any atom is -0.445 e. The number of ether oxygens (including phenoxy) is 1. The number of benzene rings is 1. The second-order valence-corrected chi connectivity index (χ2v) is 10.6. The van der Waals surface area contributed by atoms with E-state index in [-0.39, 0.29) is 12.1 Å². The molecule has 4 rings (SSSR count). The van der Waals surface area contributed by atoms with Crippen LogP contribution in [-0.4, -0.2) is 54.3 Å². The highest BCUT2D eigenvalue weighted by Crippen LogP contribution is 2.52. The predicted octanol–water partition coefficient (Wildman–Crippen LogP) is 3.02. The Bertz CT molecular complexity index is 1000. The molecule has 1 saturated heterocycles. The first-order valence-electron chi connectivity index (χ1n) is 10.4. The van der Waals surface area contributed by atoms with Crippen LogP contribution >= 0.6 is 0 Å². The maximum Gasteiger partial charge on any atom is 0.412 e. The van der Waals surface area contributed by atoms with Crippen molar-refractivity contribution in [2.24, 2.45) is 5.92 Å². The molecule has 2 fully saturated rings. The van der Waals surface area contributed by atoms with Gasteiger partial charge in [0.05, 0.1) is 6.20 Å². The van der Waals surface area contributed by atoms with E-state index in [1.54, 1.807) is 18.4 Å². The lowest BCUT2D eigenvalue weighted by Gasteiger charge is -2.40. The first kappa shape index (κ1) is 21.8. The van der Waals surface area contributed by atoms with Gasteiger partial charge in [0.2, 0.25) is 0 Å². The van der Waals surface area contributed by atoms with Gasteiger partial charge in [-0.2, -0.15) is 17.0 Å². The average molecular weight is 449 g/mol. The lowest BCUT2D eigenvalue weighted by Crippen LogP contribution is -2.52. The number of hydrogen-bond donors (Lipinski definition) is 1. The molecule has 2 heterocycles. The maximum absolute atomic E-state index is 12.6. The fourth-order valence-corrected chi connectivity index (χ4v) is 5.75. The van der Waals surface area contributed by atoms with Gasteiger partial charge in [-0.1, -0.05) is 12.1 Å². The van der Waals surface area contributed by atoms with Crippen LogP contribution in [0, 0.1) is 5.92 Å². The van der Waals surface area contributed by atoms with Gasteiger partial charge in [-0.3, -0.25) is 5.32 Å². The normalized spacial score (nSPS) is 20.7. The molecule has 2 aromatic rings. The third-order valence-corrected chi connectivity index (χ3v) is 8.11. The van der Waals surface area contributed by atoms with Crippen molar-refractivity contribution in [3.05, 3.63) is 48.2 Å². The van der Waals surface area contributed by atoms with Crippen LogP contribution in [0.1, 0.15) is 37.0 Å². The van der Waals surface area contributed by atoms with Gasteiger partial charge < -0.3 is 9.15 Å². The molecule has 9 nitrogen and oxygen atoms in total. The Hall–Kier alpha value is -2.43. The summed E-state index contributed by atoms with van der Waals surface area (Å²) >= 11 is 0. The topological polar surface area (TPSA) is 105 Å². The van der Waals surface area contributed by atoms with E-state index < -0.39 is 16.3 Å². The summed E-state index contributed by atoms with van der Waals surface area (Å²) < 4.78 is 38.4. The molecule has 1 aromatic carbocycles. The molecule has 1 spiro atoms. The zero-order chi connectivity index (χ0) is 22.1. The third-order valence-electron chi connectivity index (χ3n) is 6.06. The Balaban J connectivity index is 1.29. The Kier molecular flexibility index (Phi) is 6.05. The van der Waals surface area contributed by atoms with Crippen molar-refractivity contribution in [3.8, 4) is 0 Å². The summed E-state index contributed by atoms with van der Waals surface area (Å²) in [7, 11) is -0.184. The quantitative estimate of drug-likeness (QED) is 0.698. The predicted molar refractivity (Wildman–Crippen MR) is 114 cm³/mol. The number of carbonyl (C=O) groups is 1. The van der Waals surface area contributed by atoms with Crippen LogP contribution in [0.4, 0.5) is 10.5 Å². The van der Waals surface area contributed by atoms with Crippen LogP contribution in [0.5, 0.6) is 0 Å². The fourth-order valence-electron chi connectivity index (χ4n) is 4.27. The van der Waals surface area contributed by atoms with E-state index in [0.29, 0.717) is 23.9 Å². The molecule has 0 bridgehead atoms. The van der Waals surface area contributed by atoms with E-state index in [4.69, 9.17) is 9.15 Å². The van der Waals surface area contributed by atoms with Gasteiger partial charge in [-0.05, 0) is 55.7 Å². The van der Waals surface area contributed by atoms with Crippen molar-refractivity contribution < 1.29 is 22.4 Å². The molecule has 1 amide bonds. The van der Waals surface area contributed by atoms with E-state index in [9.17, 15) is 13.2 Å². The Morgan fingerprint density at radius 2 is 2.06 bits per heavy atom. The van der Waals surface area contributed by atoms with Gasteiger partial charge in [0.25, 0.3) is 10.2 Å². The zero-order valence-electron chi connectivity index (χ0n) is 17.8. The second kappa shape index (κ2) is 8.60. The number of hydrogen-bond acceptors (Lipinski definition) is 6. The summed E-state index contributed by atoms with van der Waals surface area (Å²) in [5.74, 6) is 0.921. The van der Waals surface area contributed by atoms with Crippen molar-refractivity contribution in [1.82, 2.24) is 13.6 Å². The fraction of sp³-hybridized carbons (Fsp3) is 0.524. The van der Waals surface area contributed by atoms with Crippen LogP contribution in [0.25, 0.3) is 0 Å². The van der Waals surface area contributed by atoms with Crippen LogP contribution in [-0.2, 0) is 28.0 Å². The SMILES string of the molecule is CN(C)S(=O)(=O)N1CCC(Cc2ccc(NC(=O)OCc3cnco3)cc2)CC12CC2. The first-order valence-corrected chi connectivity index (χ1v) is 11.8. The van der Waals surface area contributed by atoms with Crippen molar-refractivity contribution in [2.45, 2.75) is 44.2 Å². The highest BCUT2D eigenvalue weighted by molar-refractivity contribution is 7.86. The number of carbonyl (C=O) groups excluding carboxylic acids is 1. The Labute approximate surface area is 182 Å². The molecule has 1 unspecified atom stereocenters. The first-order chi connectivity index (χ1) is 14.8. The molecular formula is C21H28N4O5S. The maximum atomic E-state index is 12.6. The number of amides is 1. The van der Waals surface area contributed by atoms with Crippen molar-refractivity contribution in [1.29, 1.82) is 0 Å². The zero-order valence-corrected chi connectivity index (χ0v) is 18.6. The van der Waals surface area contributed by atoms with Crippen LogP contribution in [0.15, 0.2) is 41.3 Å². The molecule has 168 valence electrons. The minimum absolute atomic E-state index is 0.0217. The molecule has 1 aliphatic heterocycles. The smallest absolute Gasteiger partial charge is 0.412 e. The van der Waals surface area contributed by atoms with E-state index in [1.807, 2.05) is 24.3 Å². The molecule has 31 heavy (non-hydrogen) atoms. The summed E-state index contributed by atoms with van der Waals surface area (Å²) in [5, 5.41) is 2.69. The Morgan fingerprint density at radius 1 is 1.32 bits per heavy atom. The van der Waals surface area contributed by atoms with E-state index in [1.165, 1.54) is 22.5 Å². The van der Waals surface area contributed by atoms with Gasteiger partial charge in [0.1, 0.15) is 0 Å². The number of nitrogens with one attached hydrogen (secondary N) is 1. The van der Waals surface area contributed by atoms with Crippen molar-refractivity contribution >= 4 is 22.0 Å². The van der Waals surface area contributed by atoms with Crippen LogP contribution < -0.4 is 5.32 Å². The third kappa shape index (κ3) is 4.91. The number of rotatable bonds is 7. The number of oxazole rings is 1. The van der Waals surface area contributed by atoms with Crippen LogP contribution in [0.2, 0.25) is 0 Å². The lowest BCUT2D eigenvalue weighted by atomic mass is 9.86. The number of aromatic nitrogens is 1. The molecule has 1 atom stereocenters. The molecule has 1 N–H and O–H groups in total. The number of nitrogens with zero attached hydrogens (tertiary/aromatic N) is 3. The highest BCUT2D eigenvalue weighted by Gasteiger charge is 2.56. The molecule has 0 radical (unpaired) electrons. The highest BCUT2D eigenvalue weighted by atomic mass is 32.2. The van der Waals surface area contributed by atoms with Gasteiger partial charge >= 0.3 is 6.09 Å².